The number of pyridine rings is 1. The fraction of sp³-hybridized carbons (Fsp3) is 0.0500. The number of rotatable bonds is 5. The molecular weight excluding hydrogens is 364 g/mol. The molecule has 3 rings (SSSR count). The second-order valence-electron chi connectivity index (χ2n) is 5.52. The average Bonchev–Trinajstić information content (AvgIpc) is 2.69. The fourth-order valence-corrected chi connectivity index (χ4v) is 2.67. The van der Waals surface area contributed by atoms with Crippen LogP contribution in [0.4, 0.5) is 17.2 Å². The Kier molecular flexibility index (Phi) is 5.55. The maximum Gasteiger partial charge on any atom is 0.255 e. The van der Waals surface area contributed by atoms with Crippen molar-refractivity contribution in [2.45, 2.75) is 0 Å². The molecule has 0 unspecified atom stereocenters. The van der Waals surface area contributed by atoms with Crippen molar-refractivity contribution in [3.05, 3.63) is 76.9 Å². The first kappa shape index (κ1) is 18.2. The molecule has 27 heavy (non-hydrogen) atoms. The highest BCUT2D eigenvalue weighted by atomic mass is 35.5. The zero-order valence-corrected chi connectivity index (χ0v) is 15.1. The van der Waals surface area contributed by atoms with Crippen LogP contribution in [0.25, 0.3) is 0 Å². The number of para-hydroxylation sites is 1. The number of hydrogen-bond acceptors (Lipinski definition) is 5. The molecule has 6 nitrogen and oxygen atoms in total. The lowest BCUT2D eigenvalue weighted by atomic mass is 10.1. The summed E-state index contributed by atoms with van der Waals surface area (Å²) < 4.78 is 5.13. The van der Waals surface area contributed by atoms with Crippen LogP contribution in [0.2, 0.25) is 5.02 Å². The third-order valence-electron chi connectivity index (χ3n) is 3.74. The van der Waals surface area contributed by atoms with Gasteiger partial charge < -0.3 is 15.4 Å². The van der Waals surface area contributed by atoms with E-state index >= 15 is 0 Å². The number of ether oxygens (including phenoxy) is 1. The van der Waals surface area contributed by atoms with Crippen LogP contribution in [0.1, 0.15) is 15.9 Å². The number of nitrogens with zero attached hydrogens (tertiary/aromatic N) is 2. The molecule has 0 bridgehead atoms. The summed E-state index contributed by atoms with van der Waals surface area (Å²) in [4.78, 5) is 16.7. The van der Waals surface area contributed by atoms with Gasteiger partial charge in [-0.25, -0.2) is 4.98 Å². The van der Waals surface area contributed by atoms with Gasteiger partial charge in [0.05, 0.1) is 23.4 Å². The van der Waals surface area contributed by atoms with E-state index in [4.69, 9.17) is 21.6 Å². The Morgan fingerprint density at radius 2 is 2.00 bits per heavy atom. The van der Waals surface area contributed by atoms with E-state index in [1.54, 1.807) is 61.7 Å². The van der Waals surface area contributed by atoms with Crippen LogP contribution in [0.15, 0.2) is 60.8 Å². The van der Waals surface area contributed by atoms with Crippen molar-refractivity contribution in [3.63, 3.8) is 0 Å². The second kappa shape index (κ2) is 8.21. The molecule has 1 aromatic heterocycles. The lowest BCUT2D eigenvalue weighted by Crippen LogP contribution is -2.13. The van der Waals surface area contributed by atoms with Gasteiger partial charge in [-0.15, -0.1) is 0 Å². The number of benzene rings is 2. The van der Waals surface area contributed by atoms with E-state index in [1.165, 1.54) is 6.20 Å². The molecule has 0 aliphatic heterocycles. The molecule has 2 N–H and O–H groups in total. The van der Waals surface area contributed by atoms with Gasteiger partial charge in [0.25, 0.3) is 5.91 Å². The molecule has 0 fully saturated rings. The van der Waals surface area contributed by atoms with Crippen molar-refractivity contribution >= 4 is 34.7 Å². The molecule has 0 saturated carbocycles. The number of nitrogens with one attached hydrogen (secondary N) is 2. The standard InChI is InChI=1S/C20H15ClN4O2/c1-27-18-7-6-15(11-16(18)21)24-19-10-13(8-9-23-19)20(26)25-17-5-3-2-4-14(17)12-22/h2-11H,1H3,(H,23,24)(H,25,26). The molecule has 0 radical (unpaired) electrons. The van der Waals surface area contributed by atoms with Gasteiger partial charge in [-0.1, -0.05) is 23.7 Å². The van der Waals surface area contributed by atoms with Crippen LogP contribution in [0.5, 0.6) is 5.75 Å². The molecule has 7 heteroatoms. The molecule has 0 atom stereocenters. The lowest BCUT2D eigenvalue weighted by Gasteiger charge is -2.10. The Balaban J connectivity index is 1.78. The van der Waals surface area contributed by atoms with Gasteiger partial charge in [-0.3, -0.25) is 4.79 Å². The van der Waals surface area contributed by atoms with E-state index < -0.39 is 0 Å². The second-order valence-corrected chi connectivity index (χ2v) is 5.92. The number of aromatic nitrogens is 1. The Bertz CT molecular complexity index is 1030. The van der Waals surface area contributed by atoms with Crippen molar-refractivity contribution in [1.29, 1.82) is 5.26 Å². The number of carbonyl (C=O) groups excluding carboxylic acids is 1. The summed E-state index contributed by atoms with van der Waals surface area (Å²) in [5.74, 6) is 0.716. The van der Waals surface area contributed by atoms with Crippen LogP contribution in [0.3, 0.4) is 0 Å². The summed E-state index contributed by atoms with van der Waals surface area (Å²) in [7, 11) is 1.54. The van der Waals surface area contributed by atoms with E-state index in [9.17, 15) is 4.79 Å². The first-order valence-corrected chi connectivity index (χ1v) is 8.35. The summed E-state index contributed by atoms with van der Waals surface area (Å²) in [6, 6.07) is 17.3. The van der Waals surface area contributed by atoms with Crippen molar-refractivity contribution in [3.8, 4) is 11.8 Å². The number of carbonyl (C=O) groups is 1. The third-order valence-corrected chi connectivity index (χ3v) is 4.04. The number of halogens is 1. The minimum Gasteiger partial charge on any atom is -0.495 e. The molecule has 2 aromatic carbocycles. The van der Waals surface area contributed by atoms with Crippen molar-refractivity contribution < 1.29 is 9.53 Å². The molecular formula is C20H15ClN4O2. The lowest BCUT2D eigenvalue weighted by molar-refractivity contribution is 0.102. The summed E-state index contributed by atoms with van der Waals surface area (Å²) in [5, 5.41) is 15.4. The van der Waals surface area contributed by atoms with E-state index in [0.29, 0.717) is 39.1 Å². The number of nitriles is 1. The van der Waals surface area contributed by atoms with Crippen LogP contribution in [0, 0.1) is 11.3 Å². The van der Waals surface area contributed by atoms with Gasteiger partial charge in [0.15, 0.2) is 0 Å². The monoisotopic (exact) mass is 378 g/mol. The Labute approximate surface area is 161 Å². The van der Waals surface area contributed by atoms with Crippen molar-refractivity contribution in [2.75, 3.05) is 17.7 Å². The summed E-state index contributed by atoms with van der Waals surface area (Å²) in [5.41, 5.74) is 1.96. The molecule has 1 amide bonds. The zero-order chi connectivity index (χ0) is 19.2. The minimum atomic E-state index is -0.337. The molecule has 134 valence electrons. The molecule has 0 spiro atoms. The first-order chi connectivity index (χ1) is 13.1. The van der Waals surface area contributed by atoms with Gasteiger partial charge in [0.1, 0.15) is 17.6 Å². The molecule has 0 aliphatic rings. The predicted octanol–water partition coefficient (Wildman–Crippen LogP) is 4.61. The Morgan fingerprint density at radius 3 is 2.74 bits per heavy atom. The van der Waals surface area contributed by atoms with Crippen LogP contribution in [-0.2, 0) is 0 Å². The maximum atomic E-state index is 12.5. The largest absolute Gasteiger partial charge is 0.495 e. The summed E-state index contributed by atoms with van der Waals surface area (Å²) >= 11 is 6.12. The summed E-state index contributed by atoms with van der Waals surface area (Å²) in [6.07, 6.45) is 1.53. The first-order valence-electron chi connectivity index (χ1n) is 7.98. The van der Waals surface area contributed by atoms with Crippen LogP contribution >= 0.6 is 11.6 Å². The minimum absolute atomic E-state index is 0.337. The number of hydrogen-bond donors (Lipinski definition) is 2. The highest BCUT2D eigenvalue weighted by Crippen LogP contribution is 2.28. The highest BCUT2D eigenvalue weighted by molar-refractivity contribution is 6.32. The quantitative estimate of drug-likeness (QED) is 0.676. The average molecular weight is 379 g/mol. The normalized spacial score (nSPS) is 9.96. The summed E-state index contributed by atoms with van der Waals surface area (Å²) in [6.45, 7) is 0. The van der Waals surface area contributed by atoms with Crippen LogP contribution < -0.4 is 15.4 Å². The van der Waals surface area contributed by atoms with E-state index in [0.717, 1.165) is 0 Å². The van der Waals surface area contributed by atoms with Crippen molar-refractivity contribution in [2.24, 2.45) is 0 Å². The van der Waals surface area contributed by atoms with Gasteiger partial charge in [0, 0.05) is 17.4 Å². The number of amides is 1. The smallest absolute Gasteiger partial charge is 0.255 e. The number of anilines is 3. The predicted molar refractivity (Wildman–Crippen MR) is 105 cm³/mol. The van der Waals surface area contributed by atoms with Gasteiger partial charge in [-0.2, -0.15) is 5.26 Å². The topological polar surface area (TPSA) is 87.0 Å². The molecule has 0 aliphatic carbocycles. The SMILES string of the molecule is COc1ccc(Nc2cc(C(=O)Nc3ccccc3C#N)ccn2)cc1Cl. The Morgan fingerprint density at radius 1 is 1.19 bits per heavy atom. The molecule has 3 aromatic rings. The van der Waals surface area contributed by atoms with E-state index in [-0.39, 0.29) is 5.91 Å². The van der Waals surface area contributed by atoms with Gasteiger partial charge in [0.2, 0.25) is 0 Å². The third kappa shape index (κ3) is 4.35. The fourth-order valence-electron chi connectivity index (χ4n) is 2.42. The van der Waals surface area contributed by atoms with Gasteiger partial charge in [-0.05, 0) is 42.5 Å². The molecule has 0 saturated heterocycles. The zero-order valence-electron chi connectivity index (χ0n) is 14.4. The van der Waals surface area contributed by atoms with E-state index in [1.807, 2.05) is 6.07 Å². The molecule has 1 heterocycles. The number of methoxy groups -OCH3 is 1. The van der Waals surface area contributed by atoms with Crippen LogP contribution in [-0.4, -0.2) is 18.0 Å². The highest BCUT2D eigenvalue weighted by Gasteiger charge is 2.10. The van der Waals surface area contributed by atoms with E-state index in [2.05, 4.69) is 15.6 Å². The maximum absolute atomic E-state index is 12.5. The van der Waals surface area contributed by atoms with Gasteiger partial charge >= 0.3 is 0 Å². The van der Waals surface area contributed by atoms with Crippen molar-refractivity contribution in [1.82, 2.24) is 4.98 Å². The Hall–Kier alpha value is -3.56.